The smallest absolute Gasteiger partial charge is 0.286 e. The highest BCUT2D eigenvalue weighted by Crippen LogP contribution is 2.38. The summed E-state index contributed by atoms with van der Waals surface area (Å²) in [5, 5.41) is 13.4. The fourth-order valence-corrected chi connectivity index (χ4v) is 6.14. The Labute approximate surface area is 193 Å². The lowest BCUT2D eigenvalue weighted by atomic mass is 10.2. The normalized spacial score (nSPS) is 16.5. The summed E-state index contributed by atoms with van der Waals surface area (Å²) in [4.78, 5) is 23.7. The first kappa shape index (κ1) is 23.0. The molecule has 0 saturated carbocycles. The average Bonchev–Trinajstić information content (AvgIpc) is 3.45. The van der Waals surface area contributed by atoms with Crippen molar-refractivity contribution < 1.29 is 22.4 Å². The predicted octanol–water partition coefficient (Wildman–Crippen LogP) is 3.41. The molecule has 2 N–H and O–H groups in total. The van der Waals surface area contributed by atoms with Gasteiger partial charge in [-0.1, -0.05) is 23.5 Å². The Morgan fingerprint density at radius 2 is 1.82 bits per heavy atom. The Balaban J connectivity index is 1.52. The van der Waals surface area contributed by atoms with Gasteiger partial charge in [-0.3, -0.25) is 9.59 Å². The minimum absolute atomic E-state index is 0.0113. The molecule has 1 saturated heterocycles. The van der Waals surface area contributed by atoms with Gasteiger partial charge in [0.15, 0.2) is 0 Å². The van der Waals surface area contributed by atoms with Crippen LogP contribution >= 0.6 is 11.3 Å². The molecule has 0 unspecified atom stereocenters. The summed E-state index contributed by atoms with van der Waals surface area (Å²) in [6.45, 7) is 1.67. The molecule has 0 radical (unpaired) electrons. The molecule has 2 heterocycles. The van der Waals surface area contributed by atoms with E-state index in [4.69, 9.17) is 0 Å². The van der Waals surface area contributed by atoms with Crippen LogP contribution in [0.15, 0.2) is 53.4 Å². The monoisotopic (exact) mass is 489 g/mol. The zero-order valence-electron chi connectivity index (χ0n) is 17.5. The fourth-order valence-electron chi connectivity index (χ4n) is 3.52. The molecule has 33 heavy (non-hydrogen) atoms. The number of benzene rings is 2. The lowest BCUT2D eigenvalue weighted by Gasteiger charge is -2.22. The van der Waals surface area contributed by atoms with Gasteiger partial charge < -0.3 is 10.6 Å². The van der Waals surface area contributed by atoms with Crippen molar-refractivity contribution in [2.45, 2.75) is 30.7 Å². The van der Waals surface area contributed by atoms with Crippen molar-refractivity contribution >= 4 is 44.5 Å². The number of hydrogen-bond acceptors (Lipinski definition) is 7. The van der Waals surface area contributed by atoms with Gasteiger partial charge in [-0.2, -0.15) is 4.31 Å². The molecular formula is C21H20FN5O4S2. The summed E-state index contributed by atoms with van der Waals surface area (Å²) in [5.41, 5.74) is 0.515. The minimum Gasteiger partial charge on any atom is -0.326 e. The summed E-state index contributed by atoms with van der Waals surface area (Å²) in [6, 6.07) is 11.1. The second kappa shape index (κ2) is 9.33. The van der Waals surface area contributed by atoms with Crippen LogP contribution in [0.3, 0.4) is 0 Å². The topological polar surface area (TPSA) is 121 Å². The van der Waals surface area contributed by atoms with Crippen LogP contribution in [-0.2, 0) is 14.8 Å². The summed E-state index contributed by atoms with van der Waals surface area (Å²) >= 11 is 0.977. The summed E-state index contributed by atoms with van der Waals surface area (Å²) in [6.07, 6.45) is 1.16. The van der Waals surface area contributed by atoms with Gasteiger partial charge >= 0.3 is 0 Å². The average molecular weight is 490 g/mol. The first-order valence-electron chi connectivity index (χ1n) is 10.0. The standard InChI is InChI=1S/C21H20FN5O4S2/c1-13(28)23-14-8-10-15(11-9-14)33(30,31)27-12-4-7-18(27)20-25-26-21(32-20)19(29)24-17-6-3-2-5-16(17)22/h2-3,5-6,8-11,18H,4,7,12H2,1H3,(H,23,28)(H,24,29)/t18-/m1/s1. The van der Waals surface area contributed by atoms with Crippen molar-refractivity contribution in [1.29, 1.82) is 0 Å². The molecule has 0 bridgehead atoms. The van der Waals surface area contributed by atoms with Crippen LogP contribution < -0.4 is 10.6 Å². The third kappa shape index (κ3) is 4.92. The van der Waals surface area contributed by atoms with Gasteiger partial charge in [0.1, 0.15) is 10.8 Å². The van der Waals surface area contributed by atoms with E-state index in [1.165, 1.54) is 53.7 Å². The van der Waals surface area contributed by atoms with Gasteiger partial charge in [0.05, 0.1) is 16.6 Å². The number of sulfonamides is 1. The van der Waals surface area contributed by atoms with Crippen LogP contribution in [0.4, 0.5) is 15.8 Å². The molecule has 0 spiro atoms. The minimum atomic E-state index is -3.84. The number of nitrogens with zero attached hydrogens (tertiary/aromatic N) is 3. The molecule has 172 valence electrons. The first-order chi connectivity index (χ1) is 15.8. The van der Waals surface area contributed by atoms with E-state index in [1.54, 1.807) is 6.07 Å². The molecule has 1 fully saturated rings. The van der Waals surface area contributed by atoms with Crippen molar-refractivity contribution in [3.63, 3.8) is 0 Å². The van der Waals surface area contributed by atoms with E-state index < -0.39 is 27.8 Å². The Kier molecular flexibility index (Phi) is 6.49. The zero-order valence-corrected chi connectivity index (χ0v) is 19.1. The summed E-state index contributed by atoms with van der Waals surface area (Å²) < 4.78 is 41.6. The van der Waals surface area contributed by atoms with Gasteiger partial charge in [-0.05, 0) is 49.2 Å². The first-order valence-corrected chi connectivity index (χ1v) is 12.3. The van der Waals surface area contributed by atoms with Crippen molar-refractivity contribution in [2.24, 2.45) is 0 Å². The maximum absolute atomic E-state index is 13.8. The molecule has 4 rings (SSSR count). The van der Waals surface area contributed by atoms with E-state index in [9.17, 15) is 22.4 Å². The predicted molar refractivity (Wildman–Crippen MR) is 121 cm³/mol. The van der Waals surface area contributed by atoms with Gasteiger partial charge in [-0.25, -0.2) is 12.8 Å². The van der Waals surface area contributed by atoms with Gasteiger partial charge in [0.2, 0.25) is 20.9 Å². The van der Waals surface area contributed by atoms with Crippen LogP contribution in [0, 0.1) is 5.82 Å². The number of para-hydroxylation sites is 1. The van der Waals surface area contributed by atoms with E-state index in [0.29, 0.717) is 30.1 Å². The third-order valence-electron chi connectivity index (χ3n) is 5.03. The van der Waals surface area contributed by atoms with Gasteiger partial charge in [0.25, 0.3) is 5.91 Å². The molecule has 3 aromatic rings. The highest BCUT2D eigenvalue weighted by Gasteiger charge is 2.38. The Bertz CT molecular complexity index is 1290. The summed E-state index contributed by atoms with van der Waals surface area (Å²) in [7, 11) is -3.84. The molecule has 0 aliphatic carbocycles. The zero-order chi connectivity index (χ0) is 23.6. The second-order valence-corrected chi connectivity index (χ2v) is 10.3. The number of aromatic nitrogens is 2. The van der Waals surface area contributed by atoms with Crippen LogP contribution in [0.1, 0.15) is 40.6 Å². The molecule has 12 heteroatoms. The van der Waals surface area contributed by atoms with Gasteiger partial charge in [0, 0.05) is 19.2 Å². The summed E-state index contributed by atoms with van der Waals surface area (Å²) in [5.74, 6) is -1.45. The van der Waals surface area contributed by atoms with E-state index >= 15 is 0 Å². The number of amides is 2. The Morgan fingerprint density at radius 3 is 2.52 bits per heavy atom. The molecule has 2 amide bonds. The number of hydrogen-bond donors (Lipinski definition) is 2. The van der Waals surface area contributed by atoms with Crippen molar-refractivity contribution in [2.75, 3.05) is 17.2 Å². The number of carbonyl (C=O) groups excluding carboxylic acids is 2. The molecule has 9 nitrogen and oxygen atoms in total. The SMILES string of the molecule is CC(=O)Nc1ccc(S(=O)(=O)N2CCC[C@@H]2c2nnc(C(=O)Nc3ccccc3F)s2)cc1. The largest absolute Gasteiger partial charge is 0.326 e. The van der Waals surface area contributed by atoms with Crippen LogP contribution in [0.5, 0.6) is 0 Å². The van der Waals surface area contributed by atoms with Crippen molar-refractivity contribution in [1.82, 2.24) is 14.5 Å². The molecule has 1 aromatic heterocycles. The molecule has 1 aliphatic rings. The molecule has 2 aromatic carbocycles. The van der Waals surface area contributed by atoms with E-state index in [1.807, 2.05) is 0 Å². The van der Waals surface area contributed by atoms with Crippen LogP contribution in [0.25, 0.3) is 0 Å². The number of nitrogens with one attached hydrogen (secondary N) is 2. The molecule has 1 atom stereocenters. The number of anilines is 2. The van der Waals surface area contributed by atoms with Crippen molar-refractivity contribution in [3.05, 3.63) is 64.4 Å². The maximum Gasteiger partial charge on any atom is 0.286 e. The lowest BCUT2D eigenvalue weighted by Crippen LogP contribution is -2.30. The fraction of sp³-hybridized carbons (Fsp3) is 0.238. The van der Waals surface area contributed by atoms with E-state index in [0.717, 1.165) is 11.3 Å². The maximum atomic E-state index is 13.8. The Morgan fingerprint density at radius 1 is 1.09 bits per heavy atom. The Hall–Kier alpha value is -3.22. The molecular weight excluding hydrogens is 469 g/mol. The van der Waals surface area contributed by atoms with E-state index in [2.05, 4.69) is 20.8 Å². The third-order valence-corrected chi connectivity index (χ3v) is 7.97. The lowest BCUT2D eigenvalue weighted by molar-refractivity contribution is -0.114. The quantitative estimate of drug-likeness (QED) is 0.547. The van der Waals surface area contributed by atoms with Crippen LogP contribution in [0.2, 0.25) is 0 Å². The highest BCUT2D eigenvalue weighted by atomic mass is 32.2. The van der Waals surface area contributed by atoms with E-state index in [-0.39, 0.29) is 21.5 Å². The van der Waals surface area contributed by atoms with Crippen molar-refractivity contribution in [3.8, 4) is 0 Å². The van der Waals surface area contributed by atoms with Crippen LogP contribution in [-0.4, -0.2) is 41.3 Å². The molecule has 1 aliphatic heterocycles. The highest BCUT2D eigenvalue weighted by molar-refractivity contribution is 7.89. The second-order valence-electron chi connectivity index (χ2n) is 7.36. The number of halogens is 1. The van der Waals surface area contributed by atoms with Gasteiger partial charge in [-0.15, -0.1) is 10.2 Å². The number of carbonyl (C=O) groups is 2. The number of rotatable bonds is 6.